The Kier molecular flexibility index (Phi) is 7.35. The van der Waals surface area contributed by atoms with Gasteiger partial charge in [0.25, 0.3) is 11.8 Å². The van der Waals surface area contributed by atoms with Crippen LogP contribution >= 0.6 is 0 Å². The molecule has 2 rings (SSSR count). The minimum atomic E-state index is -0.478. The molecule has 0 saturated carbocycles. The van der Waals surface area contributed by atoms with E-state index < -0.39 is 5.91 Å². The average Bonchev–Trinajstić information content (AvgIpc) is 2.76. The lowest BCUT2D eigenvalue weighted by atomic mass is 10.1. The topological polar surface area (TPSA) is 95.6 Å². The predicted molar refractivity (Wildman–Crippen MR) is 112 cm³/mol. The lowest BCUT2D eigenvalue weighted by Crippen LogP contribution is -2.24. The molecule has 0 spiro atoms. The normalized spacial score (nSPS) is 10.1. The number of hydrogen-bond acceptors (Lipinski definition) is 7. The van der Waals surface area contributed by atoms with E-state index in [2.05, 4.69) is 5.32 Å². The first-order valence-electron chi connectivity index (χ1n) is 8.90. The van der Waals surface area contributed by atoms with Crippen LogP contribution < -0.4 is 29.0 Å². The lowest BCUT2D eigenvalue weighted by Gasteiger charge is -2.18. The fourth-order valence-corrected chi connectivity index (χ4v) is 2.81. The Balaban J connectivity index is 2.53. The van der Waals surface area contributed by atoms with Crippen molar-refractivity contribution in [2.24, 2.45) is 0 Å². The van der Waals surface area contributed by atoms with Gasteiger partial charge in [-0.05, 0) is 18.2 Å². The van der Waals surface area contributed by atoms with E-state index in [4.69, 9.17) is 23.7 Å². The largest absolute Gasteiger partial charge is 0.493 e. The van der Waals surface area contributed by atoms with Crippen molar-refractivity contribution in [3.63, 3.8) is 0 Å². The summed E-state index contributed by atoms with van der Waals surface area (Å²) in [6.07, 6.45) is 0. The summed E-state index contributed by atoms with van der Waals surface area (Å²) in [5.41, 5.74) is 0.770. The highest BCUT2D eigenvalue weighted by Crippen LogP contribution is 2.39. The van der Waals surface area contributed by atoms with Crippen LogP contribution in [0.3, 0.4) is 0 Å². The SMILES string of the molecule is COc1cc(NC(=O)c2cc(OC)c(OC)c(OC)c2)c(C(=O)N(C)C)cc1OC. The van der Waals surface area contributed by atoms with Crippen LogP contribution in [0.25, 0.3) is 0 Å². The number of rotatable bonds is 8. The van der Waals surface area contributed by atoms with E-state index >= 15 is 0 Å². The van der Waals surface area contributed by atoms with E-state index in [9.17, 15) is 9.59 Å². The van der Waals surface area contributed by atoms with E-state index in [1.165, 1.54) is 64.7 Å². The smallest absolute Gasteiger partial charge is 0.255 e. The second-order valence-electron chi connectivity index (χ2n) is 6.32. The summed E-state index contributed by atoms with van der Waals surface area (Å²) < 4.78 is 26.5. The summed E-state index contributed by atoms with van der Waals surface area (Å²) in [4.78, 5) is 27.0. The molecule has 162 valence electrons. The quantitative estimate of drug-likeness (QED) is 0.704. The van der Waals surface area contributed by atoms with E-state index in [1.807, 2.05) is 0 Å². The van der Waals surface area contributed by atoms with Gasteiger partial charge in [-0.1, -0.05) is 0 Å². The van der Waals surface area contributed by atoms with Crippen LogP contribution in [0.1, 0.15) is 20.7 Å². The Morgan fingerprint density at radius 2 is 1.23 bits per heavy atom. The first-order chi connectivity index (χ1) is 14.3. The number of methoxy groups -OCH3 is 5. The van der Waals surface area contributed by atoms with E-state index in [1.54, 1.807) is 14.1 Å². The Morgan fingerprint density at radius 3 is 1.67 bits per heavy atom. The predicted octanol–water partition coefficient (Wildman–Crippen LogP) is 2.68. The first-order valence-corrected chi connectivity index (χ1v) is 8.90. The van der Waals surface area contributed by atoms with Gasteiger partial charge in [-0.3, -0.25) is 9.59 Å². The van der Waals surface area contributed by atoms with Crippen LogP contribution in [0.2, 0.25) is 0 Å². The molecule has 0 aliphatic rings. The summed E-state index contributed by atoms with van der Waals surface area (Å²) in [6.45, 7) is 0. The number of amides is 2. The van der Waals surface area contributed by atoms with Gasteiger partial charge in [-0.15, -0.1) is 0 Å². The number of benzene rings is 2. The summed E-state index contributed by atoms with van der Waals surface area (Å²) >= 11 is 0. The Hall–Kier alpha value is -3.62. The molecule has 9 heteroatoms. The zero-order valence-corrected chi connectivity index (χ0v) is 18.1. The molecule has 2 aromatic carbocycles. The monoisotopic (exact) mass is 418 g/mol. The number of ether oxygens (including phenoxy) is 5. The molecule has 2 aromatic rings. The molecule has 0 aliphatic heterocycles. The number of nitrogens with zero attached hydrogens (tertiary/aromatic N) is 1. The van der Waals surface area contributed by atoms with Crippen molar-refractivity contribution in [1.29, 1.82) is 0 Å². The molecular weight excluding hydrogens is 392 g/mol. The summed E-state index contributed by atoms with van der Waals surface area (Å²) in [5.74, 6) is 0.982. The zero-order chi connectivity index (χ0) is 22.4. The van der Waals surface area contributed by atoms with Gasteiger partial charge in [0.1, 0.15) is 0 Å². The van der Waals surface area contributed by atoms with Gasteiger partial charge in [0, 0.05) is 25.7 Å². The molecule has 0 atom stereocenters. The highest BCUT2D eigenvalue weighted by molar-refractivity contribution is 6.10. The molecule has 0 radical (unpaired) electrons. The number of hydrogen-bond donors (Lipinski definition) is 1. The molecule has 1 N–H and O–H groups in total. The van der Waals surface area contributed by atoms with Gasteiger partial charge in [0.05, 0.1) is 46.8 Å². The second kappa shape index (κ2) is 9.73. The standard InChI is InChI=1S/C21H26N2O7/c1-23(2)21(25)13-10-15(26-3)16(27-4)11-14(13)22-20(24)12-8-17(28-5)19(30-7)18(9-12)29-6/h8-11H,1-7H3,(H,22,24). The van der Waals surface area contributed by atoms with Crippen molar-refractivity contribution in [2.45, 2.75) is 0 Å². The third-order valence-corrected chi connectivity index (χ3v) is 4.34. The fourth-order valence-electron chi connectivity index (χ4n) is 2.81. The van der Waals surface area contributed by atoms with Crippen molar-refractivity contribution in [1.82, 2.24) is 4.90 Å². The zero-order valence-electron chi connectivity index (χ0n) is 18.1. The minimum Gasteiger partial charge on any atom is -0.493 e. The first kappa shape index (κ1) is 22.7. The maximum atomic E-state index is 13.0. The van der Waals surface area contributed by atoms with Crippen LogP contribution in [0.4, 0.5) is 5.69 Å². The molecule has 0 fully saturated rings. The summed E-state index contributed by atoms with van der Waals surface area (Å²) in [5, 5.41) is 2.75. The van der Waals surface area contributed by atoms with Crippen molar-refractivity contribution in [3.05, 3.63) is 35.4 Å². The van der Waals surface area contributed by atoms with Crippen molar-refractivity contribution in [3.8, 4) is 28.7 Å². The third-order valence-electron chi connectivity index (χ3n) is 4.34. The summed E-state index contributed by atoms with van der Waals surface area (Å²) in [7, 11) is 10.6. The van der Waals surface area contributed by atoms with E-state index in [-0.39, 0.29) is 22.7 Å². The average molecular weight is 418 g/mol. The summed E-state index contributed by atoms with van der Waals surface area (Å²) in [6, 6.07) is 6.09. The number of carbonyl (C=O) groups is 2. The van der Waals surface area contributed by atoms with Gasteiger partial charge < -0.3 is 33.9 Å². The third kappa shape index (κ3) is 4.51. The van der Waals surface area contributed by atoms with Gasteiger partial charge in [-0.25, -0.2) is 0 Å². The van der Waals surface area contributed by atoms with Crippen LogP contribution in [0.5, 0.6) is 28.7 Å². The van der Waals surface area contributed by atoms with Crippen molar-refractivity contribution < 1.29 is 33.3 Å². The van der Waals surface area contributed by atoms with Crippen LogP contribution in [0.15, 0.2) is 24.3 Å². The van der Waals surface area contributed by atoms with Crippen LogP contribution in [-0.4, -0.2) is 66.4 Å². The molecule has 0 heterocycles. The minimum absolute atomic E-state index is 0.249. The van der Waals surface area contributed by atoms with Crippen molar-refractivity contribution in [2.75, 3.05) is 55.0 Å². The van der Waals surface area contributed by atoms with E-state index in [0.717, 1.165) is 0 Å². The molecule has 0 aromatic heterocycles. The van der Waals surface area contributed by atoms with Gasteiger partial charge in [0.15, 0.2) is 23.0 Å². The van der Waals surface area contributed by atoms with E-state index in [0.29, 0.717) is 28.7 Å². The molecule has 0 unspecified atom stereocenters. The lowest BCUT2D eigenvalue weighted by molar-refractivity contribution is 0.0828. The van der Waals surface area contributed by atoms with Gasteiger partial charge >= 0.3 is 0 Å². The number of anilines is 1. The molecule has 0 bridgehead atoms. The van der Waals surface area contributed by atoms with Crippen molar-refractivity contribution >= 4 is 17.5 Å². The van der Waals surface area contributed by atoms with Gasteiger partial charge in [-0.2, -0.15) is 0 Å². The molecular formula is C21H26N2O7. The Bertz CT molecular complexity index is 916. The molecule has 0 aliphatic carbocycles. The maximum Gasteiger partial charge on any atom is 0.255 e. The van der Waals surface area contributed by atoms with Crippen LogP contribution in [0, 0.1) is 0 Å². The highest BCUT2D eigenvalue weighted by atomic mass is 16.5. The maximum absolute atomic E-state index is 13.0. The highest BCUT2D eigenvalue weighted by Gasteiger charge is 2.22. The van der Waals surface area contributed by atoms with Gasteiger partial charge in [0.2, 0.25) is 5.75 Å². The fraction of sp³-hybridized carbons (Fsp3) is 0.333. The Morgan fingerprint density at radius 1 is 0.733 bits per heavy atom. The molecule has 30 heavy (non-hydrogen) atoms. The number of carbonyl (C=O) groups excluding carboxylic acids is 2. The number of nitrogens with one attached hydrogen (secondary N) is 1. The molecule has 0 saturated heterocycles. The Labute approximate surface area is 175 Å². The second-order valence-corrected chi connectivity index (χ2v) is 6.32. The molecule has 9 nitrogen and oxygen atoms in total. The molecule has 2 amide bonds. The van der Waals surface area contributed by atoms with Crippen LogP contribution in [-0.2, 0) is 0 Å².